The molecule has 0 saturated heterocycles. The van der Waals surface area contributed by atoms with Crippen LogP contribution in [0.4, 0.5) is 0 Å². The molecule has 0 fully saturated rings. The Balaban J connectivity index is 2.06. The predicted molar refractivity (Wildman–Crippen MR) is 62.3 cm³/mol. The molecule has 5 nitrogen and oxygen atoms in total. The molecule has 16 heavy (non-hydrogen) atoms. The smallest absolute Gasteiger partial charge is 0.0897 e. The lowest BCUT2D eigenvalue weighted by molar-refractivity contribution is 0.0430. The van der Waals surface area contributed by atoms with Crippen LogP contribution >= 0.6 is 0 Å². The minimum atomic E-state index is -0.425. The molecule has 1 aromatic rings. The van der Waals surface area contributed by atoms with Crippen molar-refractivity contribution in [3.05, 3.63) is 18.0 Å². The summed E-state index contributed by atoms with van der Waals surface area (Å²) >= 11 is 0. The van der Waals surface area contributed by atoms with Crippen molar-refractivity contribution in [1.29, 1.82) is 0 Å². The Hall–Kier alpha value is -0.910. The number of ether oxygens (including phenoxy) is 1. The molecule has 1 heterocycles. The van der Waals surface area contributed by atoms with E-state index in [9.17, 15) is 5.11 Å². The molecule has 0 aliphatic carbocycles. The van der Waals surface area contributed by atoms with E-state index in [4.69, 9.17) is 4.74 Å². The van der Waals surface area contributed by atoms with Gasteiger partial charge in [0.25, 0.3) is 0 Å². The summed E-state index contributed by atoms with van der Waals surface area (Å²) in [5.41, 5.74) is 1.19. The Morgan fingerprint density at radius 3 is 3.06 bits per heavy atom. The second kappa shape index (κ2) is 7.38. The Morgan fingerprint density at radius 2 is 2.44 bits per heavy atom. The molecule has 0 aliphatic rings. The monoisotopic (exact) mass is 227 g/mol. The van der Waals surface area contributed by atoms with E-state index in [1.165, 1.54) is 5.69 Å². The van der Waals surface area contributed by atoms with Crippen molar-refractivity contribution in [2.45, 2.75) is 19.4 Å². The first-order valence-electron chi connectivity index (χ1n) is 5.67. The van der Waals surface area contributed by atoms with Gasteiger partial charge in [-0.15, -0.1) is 0 Å². The second-order valence-corrected chi connectivity index (χ2v) is 3.71. The largest absolute Gasteiger partial charge is 0.389 e. The summed E-state index contributed by atoms with van der Waals surface area (Å²) in [6.45, 7) is 4.37. The van der Waals surface area contributed by atoms with E-state index in [2.05, 4.69) is 10.4 Å². The summed E-state index contributed by atoms with van der Waals surface area (Å²) in [7, 11) is 1.93. The Labute approximate surface area is 96.4 Å². The highest BCUT2D eigenvalue weighted by Gasteiger charge is 2.03. The van der Waals surface area contributed by atoms with Gasteiger partial charge in [0.05, 0.1) is 12.7 Å². The molecule has 1 atom stereocenters. The molecule has 1 unspecified atom stereocenters. The number of hydrogen-bond acceptors (Lipinski definition) is 4. The first kappa shape index (κ1) is 13.2. The van der Waals surface area contributed by atoms with Crippen molar-refractivity contribution in [3.63, 3.8) is 0 Å². The van der Waals surface area contributed by atoms with Crippen molar-refractivity contribution in [3.8, 4) is 0 Å². The van der Waals surface area contributed by atoms with Gasteiger partial charge in [-0.05, 0) is 13.0 Å². The molecule has 0 bridgehead atoms. The predicted octanol–water partition coefficient (Wildman–Crippen LogP) is -0.0504. The number of aromatic nitrogens is 2. The first-order chi connectivity index (χ1) is 7.74. The van der Waals surface area contributed by atoms with Gasteiger partial charge in [0.2, 0.25) is 0 Å². The summed E-state index contributed by atoms with van der Waals surface area (Å²) < 4.78 is 6.97. The van der Waals surface area contributed by atoms with E-state index < -0.39 is 6.10 Å². The third-order valence-electron chi connectivity index (χ3n) is 2.37. The van der Waals surface area contributed by atoms with Gasteiger partial charge in [-0.2, -0.15) is 5.10 Å². The number of nitrogens with one attached hydrogen (secondary N) is 1. The van der Waals surface area contributed by atoms with Crippen LogP contribution in [-0.2, 0) is 18.2 Å². The molecular weight excluding hydrogens is 206 g/mol. The lowest BCUT2D eigenvalue weighted by Gasteiger charge is -2.11. The van der Waals surface area contributed by atoms with Crippen LogP contribution in [0.3, 0.4) is 0 Å². The van der Waals surface area contributed by atoms with Crippen molar-refractivity contribution < 1.29 is 9.84 Å². The van der Waals surface area contributed by atoms with E-state index >= 15 is 0 Å². The number of aryl methyl sites for hydroxylation is 1. The standard InChI is InChI=1S/C11H21N3O2/c1-3-16-9-11(15)8-12-6-4-10-5-7-13-14(10)2/h5,7,11-12,15H,3-4,6,8-9H2,1-2H3. The van der Waals surface area contributed by atoms with Crippen molar-refractivity contribution in [2.24, 2.45) is 7.05 Å². The van der Waals surface area contributed by atoms with Crippen molar-refractivity contribution in [1.82, 2.24) is 15.1 Å². The fraction of sp³-hybridized carbons (Fsp3) is 0.727. The van der Waals surface area contributed by atoms with Crippen LogP contribution < -0.4 is 5.32 Å². The molecule has 1 aromatic heterocycles. The highest BCUT2D eigenvalue weighted by atomic mass is 16.5. The van der Waals surface area contributed by atoms with Gasteiger partial charge in [-0.25, -0.2) is 0 Å². The summed E-state index contributed by atoms with van der Waals surface area (Å²) in [4.78, 5) is 0. The summed E-state index contributed by atoms with van der Waals surface area (Å²) in [6.07, 6.45) is 2.28. The molecule has 0 amide bonds. The summed E-state index contributed by atoms with van der Waals surface area (Å²) in [5, 5.41) is 16.8. The topological polar surface area (TPSA) is 59.3 Å². The average Bonchev–Trinajstić information content (AvgIpc) is 2.67. The van der Waals surface area contributed by atoms with Crippen molar-refractivity contribution >= 4 is 0 Å². The van der Waals surface area contributed by atoms with Gasteiger partial charge in [-0.3, -0.25) is 4.68 Å². The van der Waals surface area contributed by atoms with Gasteiger partial charge in [0.1, 0.15) is 0 Å². The molecule has 0 saturated carbocycles. The number of aliphatic hydroxyl groups is 1. The number of hydrogen-bond donors (Lipinski definition) is 2. The zero-order valence-electron chi connectivity index (χ0n) is 10.0. The first-order valence-corrected chi connectivity index (χ1v) is 5.67. The molecular formula is C11H21N3O2. The maximum Gasteiger partial charge on any atom is 0.0897 e. The average molecular weight is 227 g/mol. The third-order valence-corrected chi connectivity index (χ3v) is 2.37. The Morgan fingerprint density at radius 1 is 1.62 bits per heavy atom. The lowest BCUT2D eigenvalue weighted by atomic mass is 10.3. The summed E-state index contributed by atoms with van der Waals surface area (Å²) in [5.74, 6) is 0. The molecule has 5 heteroatoms. The molecule has 0 aromatic carbocycles. The highest BCUT2D eigenvalue weighted by molar-refractivity contribution is 5.00. The van der Waals surface area contributed by atoms with Crippen LogP contribution in [0.2, 0.25) is 0 Å². The van der Waals surface area contributed by atoms with Crippen LogP contribution in [0.1, 0.15) is 12.6 Å². The van der Waals surface area contributed by atoms with Crippen LogP contribution in [-0.4, -0.2) is 47.3 Å². The van der Waals surface area contributed by atoms with Gasteiger partial charge in [0.15, 0.2) is 0 Å². The minimum absolute atomic E-state index is 0.398. The van der Waals surface area contributed by atoms with E-state index in [0.717, 1.165) is 13.0 Å². The normalized spacial score (nSPS) is 12.9. The Bertz CT molecular complexity index is 289. The van der Waals surface area contributed by atoms with Crippen LogP contribution in [0.15, 0.2) is 12.3 Å². The fourth-order valence-corrected chi connectivity index (χ4v) is 1.44. The maximum absolute atomic E-state index is 9.49. The van der Waals surface area contributed by atoms with Crippen LogP contribution in [0.25, 0.3) is 0 Å². The van der Waals surface area contributed by atoms with E-state index in [0.29, 0.717) is 19.8 Å². The number of nitrogens with zero attached hydrogens (tertiary/aromatic N) is 2. The molecule has 0 radical (unpaired) electrons. The number of rotatable bonds is 8. The van der Waals surface area contributed by atoms with Gasteiger partial charge in [-0.1, -0.05) is 0 Å². The van der Waals surface area contributed by atoms with Gasteiger partial charge in [0, 0.05) is 45.1 Å². The Kier molecular flexibility index (Phi) is 6.07. The third kappa shape index (κ3) is 4.74. The van der Waals surface area contributed by atoms with Crippen molar-refractivity contribution in [2.75, 3.05) is 26.3 Å². The van der Waals surface area contributed by atoms with Gasteiger partial charge < -0.3 is 15.2 Å². The fourth-order valence-electron chi connectivity index (χ4n) is 1.44. The summed E-state index contributed by atoms with van der Waals surface area (Å²) in [6, 6.07) is 2.00. The number of aliphatic hydroxyl groups excluding tert-OH is 1. The maximum atomic E-state index is 9.49. The van der Waals surface area contributed by atoms with E-state index in [1.807, 2.05) is 24.7 Å². The SMILES string of the molecule is CCOCC(O)CNCCc1ccnn1C. The minimum Gasteiger partial charge on any atom is -0.389 e. The molecule has 0 spiro atoms. The molecule has 2 N–H and O–H groups in total. The molecule has 92 valence electrons. The van der Waals surface area contributed by atoms with Crippen LogP contribution in [0.5, 0.6) is 0 Å². The van der Waals surface area contributed by atoms with E-state index in [-0.39, 0.29) is 0 Å². The lowest BCUT2D eigenvalue weighted by Crippen LogP contribution is -2.31. The molecule has 0 aliphatic heterocycles. The zero-order chi connectivity index (χ0) is 11.8. The molecule has 1 rings (SSSR count). The second-order valence-electron chi connectivity index (χ2n) is 3.71. The van der Waals surface area contributed by atoms with Crippen LogP contribution in [0, 0.1) is 0 Å². The van der Waals surface area contributed by atoms with Gasteiger partial charge >= 0.3 is 0 Å². The highest BCUT2D eigenvalue weighted by Crippen LogP contribution is 1.96. The quantitative estimate of drug-likeness (QED) is 0.611. The van der Waals surface area contributed by atoms with E-state index in [1.54, 1.807) is 6.20 Å². The zero-order valence-corrected chi connectivity index (χ0v) is 10.0.